The number of nitrogens with one attached hydrogen (secondary N) is 1. The Labute approximate surface area is 141 Å². The highest BCUT2D eigenvalue weighted by Crippen LogP contribution is 2.23. The van der Waals surface area contributed by atoms with Gasteiger partial charge >= 0.3 is 0 Å². The molecule has 3 aromatic rings. The molecule has 5 heteroatoms. The van der Waals surface area contributed by atoms with E-state index in [2.05, 4.69) is 22.4 Å². The monoisotopic (exact) mass is 323 g/mol. The number of anilines is 2. The topological polar surface area (TPSA) is 58.4 Å². The molecule has 124 valence electrons. The van der Waals surface area contributed by atoms with E-state index in [0.717, 1.165) is 24.0 Å². The first kappa shape index (κ1) is 16.1. The number of carbonyl (C=O) groups is 1. The van der Waals surface area contributed by atoms with Gasteiger partial charge in [0.15, 0.2) is 5.58 Å². The zero-order valence-electron chi connectivity index (χ0n) is 14.0. The first-order valence-corrected chi connectivity index (χ1v) is 8.03. The summed E-state index contributed by atoms with van der Waals surface area (Å²) in [5, 5.41) is 2.92. The molecule has 0 saturated heterocycles. The standard InChI is InChI=1S/C19H21N3O2/c1-22(2)19-21-16-12-11-15(13-17(16)24-19)20-18(23)10-6-9-14-7-4-3-5-8-14/h3-5,7-8,11-13H,6,9-10H2,1-2H3,(H,20,23). The number of aromatic nitrogens is 1. The normalized spacial score (nSPS) is 10.8. The molecule has 0 aliphatic rings. The molecule has 0 aliphatic carbocycles. The lowest BCUT2D eigenvalue weighted by Crippen LogP contribution is -2.11. The number of carbonyl (C=O) groups excluding carboxylic acids is 1. The van der Waals surface area contributed by atoms with E-state index >= 15 is 0 Å². The molecule has 0 spiro atoms. The smallest absolute Gasteiger partial charge is 0.297 e. The van der Waals surface area contributed by atoms with Crippen LogP contribution in [0.15, 0.2) is 52.9 Å². The molecular formula is C19H21N3O2. The van der Waals surface area contributed by atoms with Crippen molar-refractivity contribution in [1.29, 1.82) is 0 Å². The van der Waals surface area contributed by atoms with Crippen LogP contribution in [-0.4, -0.2) is 25.0 Å². The van der Waals surface area contributed by atoms with E-state index in [1.165, 1.54) is 5.56 Å². The van der Waals surface area contributed by atoms with Gasteiger partial charge in [-0.3, -0.25) is 4.79 Å². The Morgan fingerprint density at radius 1 is 1.17 bits per heavy atom. The van der Waals surface area contributed by atoms with Crippen LogP contribution in [-0.2, 0) is 11.2 Å². The van der Waals surface area contributed by atoms with Gasteiger partial charge in [0.2, 0.25) is 5.91 Å². The summed E-state index contributed by atoms with van der Waals surface area (Å²) < 4.78 is 5.65. The first-order chi connectivity index (χ1) is 11.6. The summed E-state index contributed by atoms with van der Waals surface area (Å²) in [7, 11) is 3.75. The lowest BCUT2D eigenvalue weighted by atomic mass is 10.1. The predicted molar refractivity (Wildman–Crippen MR) is 96.3 cm³/mol. The minimum Gasteiger partial charge on any atom is -0.423 e. The number of rotatable bonds is 6. The van der Waals surface area contributed by atoms with E-state index in [1.807, 2.05) is 55.4 Å². The fourth-order valence-electron chi connectivity index (χ4n) is 2.50. The highest BCUT2D eigenvalue weighted by Gasteiger charge is 2.09. The third-order valence-electron chi connectivity index (χ3n) is 3.76. The maximum Gasteiger partial charge on any atom is 0.297 e. The van der Waals surface area contributed by atoms with Crippen LogP contribution in [0, 0.1) is 0 Å². The Morgan fingerprint density at radius 3 is 2.71 bits per heavy atom. The van der Waals surface area contributed by atoms with E-state index in [0.29, 0.717) is 18.0 Å². The quantitative estimate of drug-likeness (QED) is 0.748. The molecule has 1 heterocycles. The van der Waals surface area contributed by atoms with Crippen molar-refractivity contribution in [3.8, 4) is 0 Å². The van der Waals surface area contributed by atoms with Gasteiger partial charge in [-0.25, -0.2) is 0 Å². The molecule has 1 amide bonds. The third kappa shape index (κ3) is 3.93. The van der Waals surface area contributed by atoms with Crippen molar-refractivity contribution in [3.63, 3.8) is 0 Å². The molecule has 0 aliphatic heterocycles. The summed E-state index contributed by atoms with van der Waals surface area (Å²) >= 11 is 0. The molecule has 3 rings (SSSR count). The van der Waals surface area contributed by atoms with Crippen molar-refractivity contribution in [3.05, 3.63) is 54.1 Å². The van der Waals surface area contributed by atoms with E-state index in [9.17, 15) is 4.79 Å². The van der Waals surface area contributed by atoms with Crippen LogP contribution in [0.2, 0.25) is 0 Å². The Morgan fingerprint density at radius 2 is 1.96 bits per heavy atom. The van der Waals surface area contributed by atoms with Crippen molar-refractivity contribution in [2.75, 3.05) is 24.3 Å². The zero-order valence-corrected chi connectivity index (χ0v) is 14.0. The summed E-state index contributed by atoms with van der Waals surface area (Å²) in [6.45, 7) is 0. The van der Waals surface area contributed by atoms with Gasteiger partial charge in [0.1, 0.15) is 5.52 Å². The number of nitrogens with zero attached hydrogens (tertiary/aromatic N) is 2. The predicted octanol–water partition coefficient (Wildman–Crippen LogP) is 3.86. The summed E-state index contributed by atoms with van der Waals surface area (Å²) in [4.78, 5) is 18.3. The number of hydrogen-bond donors (Lipinski definition) is 1. The van der Waals surface area contributed by atoms with E-state index in [4.69, 9.17) is 4.42 Å². The summed E-state index contributed by atoms with van der Waals surface area (Å²) in [5.41, 5.74) is 3.43. The molecule has 24 heavy (non-hydrogen) atoms. The minimum atomic E-state index is 0.0117. The maximum atomic E-state index is 12.1. The Kier molecular flexibility index (Phi) is 4.79. The third-order valence-corrected chi connectivity index (χ3v) is 3.76. The second kappa shape index (κ2) is 7.17. The van der Waals surface area contributed by atoms with Crippen molar-refractivity contribution in [1.82, 2.24) is 4.98 Å². The SMILES string of the molecule is CN(C)c1nc2ccc(NC(=O)CCCc3ccccc3)cc2o1. The molecular weight excluding hydrogens is 302 g/mol. The fourth-order valence-corrected chi connectivity index (χ4v) is 2.50. The van der Waals surface area contributed by atoms with Crippen LogP contribution in [0.3, 0.4) is 0 Å². The second-order valence-electron chi connectivity index (χ2n) is 5.96. The van der Waals surface area contributed by atoms with E-state index in [-0.39, 0.29) is 5.91 Å². The van der Waals surface area contributed by atoms with Crippen LogP contribution in [0.1, 0.15) is 18.4 Å². The molecule has 0 atom stereocenters. The highest BCUT2D eigenvalue weighted by atomic mass is 16.4. The van der Waals surface area contributed by atoms with E-state index < -0.39 is 0 Å². The zero-order chi connectivity index (χ0) is 16.9. The molecule has 1 N–H and O–H groups in total. The van der Waals surface area contributed by atoms with Gasteiger partial charge in [-0.1, -0.05) is 30.3 Å². The molecule has 0 saturated carbocycles. The summed E-state index contributed by atoms with van der Waals surface area (Å²) in [5.74, 6) is 0.0117. The Hall–Kier alpha value is -2.82. The largest absolute Gasteiger partial charge is 0.423 e. The second-order valence-corrected chi connectivity index (χ2v) is 5.96. The highest BCUT2D eigenvalue weighted by molar-refractivity contribution is 5.92. The summed E-state index contributed by atoms with van der Waals surface area (Å²) in [6, 6.07) is 16.3. The number of benzene rings is 2. The first-order valence-electron chi connectivity index (χ1n) is 8.03. The Balaban J connectivity index is 1.56. The minimum absolute atomic E-state index is 0.0117. The van der Waals surface area contributed by atoms with Crippen LogP contribution >= 0.6 is 0 Å². The average Bonchev–Trinajstić information content (AvgIpc) is 2.99. The fraction of sp³-hybridized carbons (Fsp3) is 0.263. The number of hydrogen-bond acceptors (Lipinski definition) is 4. The van der Waals surface area contributed by atoms with E-state index in [1.54, 1.807) is 0 Å². The van der Waals surface area contributed by atoms with Crippen LogP contribution in [0.25, 0.3) is 11.1 Å². The summed E-state index contributed by atoms with van der Waals surface area (Å²) in [6.07, 6.45) is 2.22. The van der Waals surface area contributed by atoms with Gasteiger partial charge in [0.25, 0.3) is 6.01 Å². The van der Waals surface area contributed by atoms with Gasteiger partial charge in [-0.15, -0.1) is 0 Å². The number of aryl methyl sites for hydroxylation is 1. The lowest BCUT2D eigenvalue weighted by molar-refractivity contribution is -0.116. The van der Waals surface area contributed by atoms with Crippen LogP contribution in [0.5, 0.6) is 0 Å². The molecule has 0 unspecified atom stereocenters. The van der Waals surface area contributed by atoms with Gasteiger partial charge in [0.05, 0.1) is 0 Å². The van der Waals surface area contributed by atoms with Crippen LogP contribution in [0.4, 0.5) is 11.7 Å². The number of amides is 1. The van der Waals surface area contributed by atoms with Crippen molar-refractivity contribution in [2.45, 2.75) is 19.3 Å². The van der Waals surface area contributed by atoms with Gasteiger partial charge in [-0.05, 0) is 30.5 Å². The number of oxazole rings is 1. The molecule has 0 radical (unpaired) electrons. The average molecular weight is 323 g/mol. The molecule has 2 aromatic carbocycles. The van der Waals surface area contributed by atoms with Gasteiger partial charge in [0, 0.05) is 32.3 Å². The molecule has 1 aromatic heterocycles. The van der Waals surface area contributed by atoms with Gasteiger partial charge in [-0.2, -0.15) is 4.98 Å². The van der Waals surface area contributed by atoms with Gasteiger partial charge < -0.3 is 14.6 Å². The molecule has 5 nitrogen and oxygen atoms in total. The van der Waals surface area contributed by atoms with Crippen molar-refractivity contribution < 1.29 is 9.21 Å². The number of fused-ring (bicyclic) bond motifs is 1. The Bertz CT molecular complexity index is 825. The molecule has 0 bridgehead atoms. The van der Waals surface area contributed by atoms with Crippen molar-refractivity contribution in [2.24, 2.45) is 0 Å². The lowest BCUT2D eigenvalue weighted by Gasteiger charge is -2.05. The molecule has 0 fully saturated rings. The maximum absolute atomic E-state index is 12.1. The van der Waals surface area contributed by atoms with Crippen molar-refractivity contribution >= 4 is 28.7 Å². The van der Waals surface area contributed by atoms with Crippen LogP contribution < -0.4 is 10.2 Å².